The van der Waals surface area contributed by atoms with Gasteiger partial charge in [-0.3, -0.25) is 4.90 Å². The van der Waals surface area contributed by atoms with Crippen LogP contribution in [0.2, 0.25) is 0 Å². The van der Waals surface area contributed by atoms with Gasteiger partial charge in [0.05, 0.1) is 12.0 Å². The highest BCUT2D eigenvalue weighted by atomic mass is 32.2. The Morgan fingerprint density at radius 1 is 1.18 bits per heavy atom. The summed E-state index contributed by atoms with van der Waals surface area (Å²) < 4.78 is 5.41. The highest BCUT2D eigenvalue weighted by Gasteiger charge is 2.45. The van der Waals surface area contributed by atoms with Crippen molar-refractivity contribution in [2.45, 2.75) is 70.2 Å². The van der Waals surface area contributed by atoms with E-state index in [0.29, 0.717) is 18.3 Å². The molecule has 2 aliphatic rings. The molecule has 6 heteroatoms. The monoisotopic (exact) mass is 404 g/mol. The van der Waals surface area contributed by atoms with Gasteiger partial charge in [-0.2, -0.15) is 0 Å². The second kappa shape index (κ2) is 10.2. The maximum absolute atomic E-state index is 13.3. The minimum Gasteiger partial charge on any atom is -0.464 e. The van der Waals surface area contributed by atoms with Crippen LogP contribution >= 0.6 is 11.8 Å². The number of hydrogen-bond donors (Lipinski definition) is 1. The lowest BCUT2D eigenvalue weighted by atomic mass is 9.88. The van der Waals surface area contributed by atoms with Crippen molar-refractivity contribution in [1.29, 1.82) is 0 Å². The first kappa shape index (κ1) is 21.0. The largest absolute Gasteiger partial charge is 0.464 e. The molecular formula is C22H32N2O3S. The number of thioether (sulfide) groups is 1. The molecule has 5 nitrogen and oxygen atoms in total. The fourth-order valence-corrected chi connectivity index (χ4v) is 5.80. The summed E-state index contributed by atoms with van der Waals surface area (Å²) in [6.07, 6.45) is 7.58. The normalized spacial score (nSPS) is 22.9. The maximum Gasteiger partial charge on any atom is 0.329 e. The number of carbonyl (C=O) groups excluding carboxylic acids is 2. The van der Waals surface area contributed by atoms with Crippen LogP contribution < -0.4 is 5.32 Å². The Bertz CT molecular complexity index is 676. The lowest BCUT2D eigenvalue weighted by molar-refractivity contribution is -0.148. The van der Waals surface area contributed by atoms with Crippen LogP contribution in [-0.4, -0.2) is 40.7 Å². The van der Waals surface area contributed by atoms with Crippen molar-refractivity contribution < 1.29 is 14.3 Å². The minimum atomic E-state index is -0.503. The number of para-hydroxylation sites is 1. The van der Waals surface area contributed by atoms with Gasteiger partial charge in [0, 0.05) is 11.4 Å². The Morgan fingerprint density at radius 3 is 2.64 bits per heavy atom. The van der Waals surface area contributed by atoms with E-state index in [4.69, 9.17) is 4.74 Å². The Hall–Kier alpha value is -1.69. The van der Waals surface area contributed by atoms with E-state index in [1.54, 1.807) is 16.7 Å². The molecule has 2 atom stereocenters. The predicted molar refractivity (Wildman–Crippen MR) is 115 cm³/mol. The van der Waals surface area contributed by atoms with Gasteiger partial charge in [-0.1, -0.05) is 51.3 Å². The summed E-state index contributed by atoms with van der Waals surface area (Å²) in [5.74, 6) is 0.800. The molecule has 1 aliphatic heterocycles. The Kier molecular flexibility index (Phi) is 7.65. The molecule has 0 spiro atoms. The Labute approximate surface area is 172 Å². The van der Waals surface area contributed by atoms with Gasteiger partial charge in [-0.05, 0) is 43.2 Å². The third-order valence-electron chi connectivity index (χ3n) is 5.68. The van der Waals surface area contributed by atoms with Crippen LogP contribution in [0, 0.1) is 5.92 Å². The molecule has 0 bridgehead atoms. The number of hydrogen-bond acceptors (Lipinski definition) is 4. The van der Waals surface area contributed by atoms with Crippen LogP contribution in [0.3, 0.4) is 0 Å². The number of nitrogens with zero attached hydrogens (tertiary/aromatic N) is 1. The number of benzene rings is 1. The van der Waals surface area contributed by atoms with Crippen molar-refractivity contribution in [3.05, 3.63) is 29.8 Å². The van der Waals surface area contributed by atoms with E-state index >= 15 is 0 Å². The first-order valence-electron chi connectivity index (χ1n) is 10.6. The summed E-state index contributed by atoms with van der Waals surface area (Å²) in [5.41, 5.74) is 1.93. The van der Waals surface area contributed by atoms with Crippen molar-refractivity contribution >= 4 is 29.4 Å². The standard InChI is InChI=1S/C22H32N2O3S/c1-3-14-27-21(25)19-15-28-20(17-11-6-5-7-12-17)24(19)22(26)23-18-13-9-8-10-16(18)4-2/h8-10,13,17,19-20H,3-7,11-12,14-15H2,1-2H3,(H,23,26). The quantitative estimate of drug-likeness (QED) is 0.674. The zero-order valence-electron chi connectivity index (χ0n) is 17.0. The molecule has 1 saturated carbocycles. The van der Waals surface area contributed by atoms with E-state index in [1.807, 2.05) is 31.2 Å². The van der Waals surface area contributed by atoms with Crippen LogP contribution in [-0.2, 0) is 16.0 Å². The zero-order chi connectivity index (χ0) is 19.9. The molecule has 2 unspecified atom stereocenters. The van der Waals surface area contributed by atoms with Gasteiger partial charge in [0.1, 0.15) is 6.04 Å². The lowest BCUT2D eigenvalue weighted by Gasteiger charge is -2.35. The van der Waals surface area contributed by atoms with Gasteiger partial charge in [0.25, 0.3) is 0 Å². The van der Waals surface area contributed by atoms with Crippen molar-refractivity contribution in [3.63, 3.8) is 0 Å². The van der Waals surface area contributed by atoms with Gasteiger partial charge >= 0.3 is 12.0 Å². The fraction of sp³-hybridized carbons (Fsp3) is 0.636. The minimum absolute atomic E-state index is 0.0493. The number of amides is 2. The van der Waals surface area contributed by atoms with Crippen molar-refractivity contribution in [1.82, 2.24) is 4.90 Å². The molecule has 2 amide bonds. The van der Waals surface area contributed by atoms with Gasteiger partial charge in [0.2, 0.25) is 0 Å². The van der Waals surface area contributed by atoms with Crippen molar-refractivity contribution in [2.24, 2.45) is 5.92 Å². The number of rotatable bonds is 6. The van der Waals surface area contributed by atoms with Gasteiger partial charge in [0.15, 0.2) is 0 Å². The summed E-state index contributed by atoms with van der Waals surface area (Å²) in [4.78, 5) is 27.8. The Balaban J connectivity index is 1.80. The van der Waals surface area contributed by atoms with E-state index < -0.39 is 6.04 Å². The molecule has 0 aromatic heterocycles. The summed E-state index contributed by atoms with van der Waals surface area (Å²) in [5, 5.41) is 3.13. The van der Waals surface area contributed by atoms with Crippen LogP contribution in [0.1, 0.15) is 57.9 Å². The number of aryl methyl sites for hydroxylation is 1. The molecule has 1 aliphatic carbocycles. The number of carbonyl (C=O) groups is 2. The average Bonchev–Trinajstić information content (AvgIpc) is 3.18. The number of esters is 1. The van der Waals surface area contributed by atoms with Crippen molar-refractivity contribution in [2.75, 3.05) is 17.7 Å². The molecule has 2 fully saturated rings. The zero-order valence-corrected chi connectivity index (χ0v) is 17.8. The smallest absolute Gasteiger partial charge is 0.329 e. The van der Waals surface area contributed by atoms with E-state index in [-0.39, 0.29) is 17.4 Å². The van der Waals surface area contributed by atoms with E-state index in [2.05, 4.69) is 12.2 Å². The van der Waals surface area contributed by atoms with Gasteiger partial charge in [-0.15, -0.1) is 11.8 Å². The number of anilines is 1. The first-order chi connectivity index (χ1) is 13.7. The van der Waals surface area contributed by atoms with Gasteiger partial charge < -0.3 is 10.1 Å². The molecular weight excluding hydrogens is 372 g/mol. The second-order valence-electron chi connectivity index (χ2n) is 7.65. The van der Waals surface area contributed by atoms with E-state index in [0.717, 1.165) is 36.9 Å². The van der Waals surface area contributed by atoms with E-state index in [9.17, 15) is 9.59 Å². The molecule has 1 aromatic rings. The summed E-state index contributed by atoms with van der Waals surface area (Å²) in [7, 11) is 0. The maximum atomic E-state index is 13.3. The molecule has 28 heavy (non-hydrogen) atoms. The number of nitrogens with one attached hydrogen (secondary N) is 1. The highest BCUT2D eigenvalue weighted by molar-refractivity contribution is 8.00. The second-order valence-corrected chi connectivity index (χ2v) is 8.80. The molecule has 0 radical (unpaired) electrons. The fourth-order valence-electron chi connectivity index (χ4n) is 4.18. The molecule has 154 valence electrons. The molecule has 1 aromatic carbocycles. The van der Waals surface area contributed by atoms with Crippen molar-refractivity contribution in [3.8, 4) is 0 Å². The summed E-state index contributed by atoms with van der Waals surface area (Å²) >= 11 is 1.74. The third-order valence-corrected chi connectivity index (χ3v) is 7.14. The Morgan fingerprint density at radius 2 is 1.93 bits per heavy atom. The molecule has 1 heterocycles. The molecule has 1 saturated heterocycles. The summed E-state index contributed by atoms with van der Waals surface area (Å²) in [6, 6.07) is 7.19. The topological polar surface area (TPSA) is 58.6 Å². The predicted octanol–water partition coefficient (Wildman–Crippen LogP) is 5.06. The van der Waals surface area contributed by atoms with Gasteiger partial charge in [-0.25, -0.2) is 9.59 Å². The number of urea groups is 1. The van der Waals surface area contributed by atoms with Crippen LogP contribution in [0.5, 0.6) is 0 Å². The lowest BCUT2D eigenvalue weighted by Crippen LogP contribution is -2.50. The first-order valence-corrected chi connectivity index (χ1v) is 11.7. The molecule has 1 N–H and O–H groups in total. The van der Waals surface area contributed by atoms with Crippen LogP contribution in [0.25, 0.3) is 0 Å². The van der Waals surface area contributed by atoms with Crippen LogP contribution in [0.4, 0.5) is 10.5 Å². The van der Waals surface area contributed by atoms with Crippen LogP contribution in [0.15, 0.2) is 24.3 Å². The average molecular weight is 405 g/mol. The number of ether oxygens (including phenoxy) is 1. The third kappa shape index (κ3) is 4.83. The van der Waals surface area contributed by atoms with E-state index in [1.165, 1.54) is 19.3 Å². The molecule has 3 rings (SSSR count). The summed E-state index contributed by atoms with van der Waals surface area (Å²) in [6.45, 7) is 4.46. The SMILES string of the molecule is CCCOC(=O)C1CSC(C2CCCCC2)N1C(=O)Nc1ccccc1CC. The highest BCUT2D eigenvalue weighted by Crippen LogP contribution is 2.41.